The van der Waals surface area contributed by atoms with Crippen molar-refractivity contribution in [3.63, 3.8) is 0 Å². The predicted molar refractivity (Wildman–Crippen MR) is 97.5 cm³/mol. The van der Waals surface area contributed by atoms with E-state index in [1.165, 1.54) is 0 Å². The second-order valence-electron chi connectivity index (χ2n) is 6.81. The van der Waals surface area contributed by atoms with E-state index in [1.54, 1.807) is 11.3 Å². The number of rotatable bonds is 6. The maximum Gasteiger partial charge on any atom is 0.226 e. The summed E-state index contributed by atoms with van der Waals surface area (Å²) in [5, 5.41) is 6.03. The Bertz CT molecular complexity index is 697. The Hall–Kier alpha value is -1.73. The lowest BCUT2D eigenvalue weighted by molar-refractivity contribution is -0.120. The molecule has 1 amide bonds. The molecule has 0 aromatic carbocycles. The molecule has 7 heteroatoms. The van der Waals surface area contributed by atoms with Crippen LogP contribution in [0.25, 0.3) is 0 Å². The van der Waals surface area contributed by atoms with Gasteiger partial charge in [-0.3, -0.25) is 9.69 Å². The highest BCUT2D eigenvalue weighted by Crippen LogP contribution is 2.19. The van der Waals surface area contributed by atoms with Crippen LogP contribution in [-0.2, 0) is 17.8 Å². The summed E-state index contributed by atoms with van der Waals surface area (Å²) in [7, 11) is 0. The van der Waals surface area contributed by atoms with Crippen LogP contribution in [-0.4, -0.2) is 40.4 Å². The number of nitrogens with zero attached hydrogens (tertiary/aromatic N) is 3. The van der Waals surface area contributed by atoms with Crippen LogP contribution < -0.4 is 5.32 Å². The molecule has 0 spiro atoms. The number of nitrogens with one attached hydrogen (secondary N) is 1. The minimum atomic E-state index is 0.0680. The molecule has 2 aromatic rings. The van der Waals surface area contributed by atoms with Crippen LogP contribution in [0.5, 0.6) is 0 Å². The van der Waals surface area contributed by atoms with Gasteiger partial charge < -0.3 is 9.73 Å². The van der Waals surface area contributed by atoms with Gasteiger partial charge in [0.2, 0.25) is 11.8 Å². The molecule has 0 saturated carbocycles. The van der Waals surface area contributed by atoms with Gasteiger partial charge in [0.25, 0.3) is 0 Å². The molecule has 0 atom stereocenters. The number of hydrogen-bond acceptors (Lipinski definition) is 6. The monoisotopic (exact) mass is 362 g/mol. The minimum Gasteiger partial charge on any atom is -0.444 e. The fourth-order valence-corrected chi connectivity index (χ4v) is 3.73. The number of amides is 1. The molecule has 136 valence electrons. The fraction of sp³-hybridized carbons (Fsp3) is 0.611. The van der Waals surface area contributed by atoms with Crippen LogP contribution in [0.3, 0.4) is 0 Å². The summed E-state index contributed by atoms with van der Waals surface area (Å²) in [6, 6.07) is 0. The van der Waals surface area contributed by atoms with Crippen LogP contribution in [0.2, 0.25) is 0 Å². The number of carbonyl (C=O) groups excluding carboxylic acids is 1. The molecule has 1 N–H and O–H groups in total. The summed E-state index contributed by atoms with van der Waals surface area (Å²) in [5.74, 6) is 2.33. The molecule has 1 aliphatic heterocycles. The van der Waals surface area contributed by atoms with E-state index >= 15 is 0 Å². The molecular weight excluding hydrogens is 336 g/mol. The number of hydrogen-bond donors (Lipinski definition) is 1. The number of aromatic nitrogens is 2. The third-order valence-electron chi connectivity index (χ3n) is 4.73. The summed E-state index contributed by atoms with van der Waals surface area (Å²) in [6.45, 7) is 9.46. The summed E-state index contributed by atoms with van der Waals surface area (Å²) in [4.78, 5) is 23.2. The highest BCUT2D eigenvalue weighted by molar-refractivity contribution is 7.09. The Morgan fingerprint density at radius 2 is 2.08 bits per heavy atom. The van der Waals surface area contributed by atoms with E-state index in [0.29, 0.717) is 12.3 Å². The van der Waals surface area contributed by atoms with Crippen molar-refractivity contribution in [2.45, 2.75) is 46.6 Å². The second kappa shape index (κ2) is 8.10. The third-order valence-corrected chi connectivity index (χ3v) is 5.56. The summed E-state index contributed by atoms with van der Waals surface area (Å²) in [6.07, 6.45) is 2.57. The molecule has 1 aliphatic rings. The van der Waals surface area contributed by atoms with E-state index < -0.39 is 0 Å². The lowest BCUT2D eigenvalue weighted by atomic mass is 9.97. The van der Waals surface area contributed by atoms with E-state index in [0.717, 1.165) is 67.1 Å². The highest BCUT2D eigenvalue weighted by atomic mass is 32.1. The van der Waals surface area contributed by atoms with E-state index in [1.807, 2.05) is 26.2 Å². The normalized spacial score (nSPS) is 16.3. The number of aryl methyl sites for hydroxylation is 3. The molecule has 1 saturated heterocycles. The van der Waals surface area contributed by atoms with Crippen molar-refractivity contribution in [2.24, 2.45) is 5.92 Å². The zero-order chi connectivity index (χ0) is 17.8. The standard InChI is InChI=1S/C18H26N4O2S/c1-12-13(2)24-18(20-12)10-22-6-4-15(5-7-22)9-19-17(23)8-16-11-25-14(3)21-16/h11,15H,4-10H2,1-3H3,(H,19,23). The van der Waals surface area contributed by atoms with Gasteiger partial charge in [0.15, 0.2) is 0 Å². The molecule has 3 rings (SSSR count). The van der Waals surface area contributed by atoms with Gasteiger partial charge in [-0.2, -0.15) is 0 Å². The average Bonchev–Trinajstić information content (AvgIpc) is 3.12. The molecule has 0 bridgehead atoms. The quantitative estimate of drug-likeness (QED) is 0.855. The van der Waals surface area contributed by atoms with Crippen molar-refractivity contribution in [2.75, 3.05) is 19.6 Å². The fourth-order valence-electron chi connectivity index (χ4n) is 3.12. The van der Waals surface area contributed by atoms with Gasteiger partial charge in [-0.15, -0.1) is 11.3 Å². The maximum absolute atomic E-state index is 12.0. The lowest BCUT2D eigenvalue weighted by Gasteiger charge is -2.31. The van der Waals surface area contributed by atoms with Gasteiger partial charge in [-0.25, -0.2) is 9.97 Å². The molecule has 0 unspecified atom stereocenters. The molecular formula is C18H26N4O2S. The van der Waals surface area contributed by atoms with Crippen molar-refractivity contribution >= 4 is 17.2 Å². The van der Waals surface area contributed by atoms with Crippen LogP contribution >= 0.6 is 11.3 Å². The van der Waals surface area contributed by atoms with Crippen molar-refractivity contribution < 1.29 is 9.21 Å². The Kier molecular flexibility index (Phi) is 5.86. The summed E-state index contributed by atoms with van der Waals surface area (Å²) >= 11 is 1.59. The van der Waals surface area contributed by atoms with Crippen molar-refractivity contribution in [3.8, 4) is 0 Å². The summed E-state index contributed by atoms with van der Waals surface area (Å²) < 4.78 is 5.67. The first-order chi connectivity index (χ1) is 12.0. The zero-order valence-corrected chi connectivity index (χ0v) is 16.0. The number of likely N-dealkylation sites (tertiary alicyclic amines) is 1. The zero-order valence-electron chi connectivity index (χ0n) is 15.2. The van der Waals surface area contributed by atoms with Crippen LogP contribution in [0.15, 0.2) is 9.80 Å². The number of piperidine rings is 1. The molecule has 25 heavy (non-hydrogen) atoms. The summed E-state index contributed by atoms with van der Waals surface area (Å²) in [5.41, 5.74) is 1.84. The minimum absolute atomic E-state index is 0.0680. The van der Waals surface area contributed by atoms with Crippen molar-refractivity contribution in [1.82, 2.24) is 20.2 Å². The molecule has 0 aliphatic carbocycles. The topological polar surface area (TPSA) is 71.3 Å². The largest absolute Gasteiger partial charge is 0.444 e. The highest BCUT2D eigenvalue weighted by Gasteiger charge is 2.21. The lowest BCUT2D eigenvalue weighted by Crippen LogP contribution is -2.38. The molecule has 2 aromatic heterocycles. The molecule has 1 fully saturated rings. The Labute approximate surface area is 152 Å². The van der Waals surface area contributed by atoms with Gasteiger partial charge in [-0.05, 0) is 52.6 Å². The van der Waals surface area contributed by atoms with Gasteiger partial charge >= 0.3 is 0 Å². The number of carbonyl (C=O) groups is 1. The van der Waals surface area contributed by atoms with E-state index in [-0.39, 0.29) is 5.91 Å². The van der Waals surface area contributed by atoms with Gasteiger partial charge in [0.05, 0.1) is 29.4 Å². The van der Waals surface area contributed by atoms with Gasteiger partial charge in [0, 0.05) is 11.9 Å². The van der Waals surface area contributed by atoms with E-state index in [9.17, 15) is 4.79 Å². The van der Waals surface area contributed by atoms with Crippen LogP contribution in [0.1, 0.15) is 40.9 Å². The van der Waals surface area contributed by atoms with Gasteiger partial charge in [0.1, 0.15) is 5.76 Å². The number of thiazole rings is 1. The molecule has 3 heterocycles. The third kappa shape index (κ3) is 5.12. The van der Waals surface area contributed by atoms with Crippen LogP contribution in [0.4, 0.5) is 0 Å². The SMILES string of the molecule is Cc1nc(CC(=O)NCC2CCN(Cc3nc(C)c(C)o3)CC2)cs1. The first kappa shape index (κ1) is 18.1. The first-order valence-corrected chi connectivity index (χ1v) is 9.70. The first-order valence-electron chi connectivity index (χ1n) is 8.82. The maximum atomic E-state index is 12.0. The Balaban J connectivity index is 1.36. The van der Waals surface area contributed by atoms with Crippen molar-refractivity contribution in [1.29, 1.82) is 0 Å². The smallest absolute Gasteiger partial charge is 0.226 e. The Morgan fingerprint density at radius 3 is 2.68 bits per heavy atom. The molecule has 6 nitrogen and oxygen atoms in total. The Morgan fingerprint density at radius 1 is 1.32 bits per heavy atom. The van der Waals surface area contributed by atoms with Gasteiger partial charge in [-0.1, -0.05) is 0 Å². The molecule has 0 radical (unpaired) electrons. The van der Waals surface area contributed by atoms with E-state index in [4.69, 9.17) is 4.42 Å². The second-order valence-corrected chi connectivity index (χ2v) is 7.87. The predicted octanol–water partition coefficient (Wildman–Crippen LogP) is 2.63. The average molecular weight is 362 g/mol. The van der Waals surface area contributed by atoms with E-state index in [2.05, 4.69) is 20.2 Å². The van der Waals surface area contributed by atoms with Crippen molar-refractivity contribution in [3.05, 3.63) is 33.4 Å². The van der Waals surface area contributed by atoms with Crippen LogP contribution in [0, 0.1) is 26.7 Å². The number of oxazole rings is 1.